The van der Waals surface area contributed by atoms with Gasteiger partial charge in [-0.15, -0.1) is 0 Å². The summed E-state index contributed by atoms with van der Waals surface area (Å²) in [6.45, 7) is 1.98. The minimum atomic E-state index is 0.762. The number of hydrogen-bond donors (Lipinski definition) is 2. The first kappa shape index (κ1) is 7.86. The SMILES string of the molecule is Cc1[nH]cnc1-c1ccccc1N. The number of imidazole rings is 1. The van der Waals surface area contributed by atoms with Crippen molar-refractivity contribution >= 4 is 5.69 Å². The fourth-order valence-electron chi connectivity index (χ4n) is 1.34. The number of hydrogen-bond acceptors (Lipinski definition) is 2. The average Bonchev–Trinajstić information content (AvgIpc) is 2.52. The van der Waals surface area contributed by atoms with Crippen molar-refractivity contribution in [2.75, 3.05) is 5.73 Å². The number of rotatable bonds is 1. The molecule has 0 aliphatic rings. The first-order valence-corrected chi connectivity index (χ1v) is 4.14. The number of nitrogen functional groups attached to an aromatic ring is 1. The molecule has 66 valence electrons. The van der Waals surface area contributed by atoms with E-state index in [2.05, 4.69) is 9.97 Å². The number of nitrogens with two attached hydrogens (primary N) is 1. The quantitative estimate of drug-likeness (QED) is 0.648. The number of benzene rings is 1. The number of para-hydroxylation sites is 1. The third-order valence-corrected chi connectivity index (χ3v) is 2.05. The van der Waals surface area contributed by atoms with E-state index >= 15 is 0 Å². The molecule has 1 aromatic carbocycles. The second-order valence-electron chi connectivity index (χ2n) is 2.96. The zero-order valence-corrected chi connectivity index (χ0v) is 7.41. The third kappa shape index (κ3) is 1.28. The van der Waals surface area contributed by atoms with Crippen LogP contribution in [0.2, 0.25) is 0 Å². The van der Waals surface area contributed by atoms with Crippen LogP contribution in [0.15, 0.2) is 30.6 Å². The number of aromatic nitrogens is 2. The third-order valence-electron chi connectivity index (χ3n) is 2.05. The molecule has 1 heterocycles. The largest absolute Gasteiger partial charge is 0.398 e. The number of nitrogens with zero attached hydrogens (tertiary/aromatic N) is 1. The topological polar surface area (TPSA) is 54.7 Å². The van der Waals surface area contributed by atoms with Crippen molar-refractivity contribution < 1.29 is 0 Å². The number of H-pyrrole nitrogens is 1. The summed E-state index contributed by atoms with van der Waals surface area (Å²) < 4.78 is 0. The first-order chi connectivity index (χ1) is 6.29. The van der Waals surface area contributed by atoms with Crippen molar-refractivity contribution in [3.63, 3.8) is 0 Å². The highest BCUT2D eigenvalue weighted by molar-refractivity contribution is 5.74. The Balaban J connectivity index is 2.59. The highest BCUT2D eigenvalue weighted by Crippen LogP contribution is 2.25. The van der Waals surface area contributed by atoms with Gasteiger partial charge in [0.05, 0.1) is 12.0 Å². The molecule has 0 saturated heterocycles. The molecule has 3 heteroatoms. The number of aromatic amines is 1. The van der Waals surface area contributed by atoms with Crippen LogP contribution in [-0.2, 0) is 0 Å². The fraction of sp³-hybridized carbons (Fsp3) is 0.100. The summed E-state index contributed by atoms with van der Waals surface area (Å²) in [5, 5.41) is 0. The maximum atomic E-state index is 5.83. The van der Waals surface area contributed by atoms with Gasteiger partial charge in [-0.3, -0.25) is 0 Å². The van der Waals surface area contributed by atoms with Crippen LogP contribution in [0.5, 0.6) is 0 Å². The van der Waals surface area contributed by atoms with Crippen molar-refractivity contribution in [3.05, 3.63) is 36.3 Å². The lowest BCUT2D eigenvalue weighted by molar-refractivity contribution is 1.25. The Morgan fingerprint density at radius 2 is 2.08 bits per heavy atom. The van der Waals surface area contributed by atoms with Crippen LogP contribution in [0, 0.1) is 6.92 Å². The van der Waals surface area contributed by atoms with Gasteiger partial charge < -0.3 is 10.7 Å². The molecule has 0 aliphatic heterocycles. The first-order valence-electron chi connectivity index (χ1n) is 4.14. The van der Waals surface area contributed by atoms with E-state index in [0.717, 1.165) is 22.6 Å². The van der Waals surface area contributed by atoms with Gasteiger partial charge in [0.25, 0.3) is 0 Å². The molecule has 0 atom stereocenters. The summed E-state index contributed by atoms with van der Waals surface area (Å²) in [4.78, 5) is 7.24. The molecule has 3 N–H and O–H groups in total. The van der Waals surface area contributed by atoms with Crippen LogP contribution in [0.3, 0.4) is 0 Å². The zero-order chi connectivity index (χ0) is 9.26. The van der Waals surface area contributed by atoms with Crippen LogP contribution < -0.4 is 5.73 Å². The van der Waals surface area contributed by atoms with Crippen molar-refractivity contribution in [2.45, 2.75) is 6.92 Å². The molecule has 0 bridgehead atoms. The van der Waals surface area contributed by atoms with E-state index in [-0.39, 0.29) is 0 Å². The summed E-state index contributed by atoms with van der Waals surface area (Å²) in [6, 6.07) is 7.72. The number of anilines is 1. The van der Waals surface area contributed by atoms with Crippen LogP contribution in [0.1, 0.15) is 5.69 Å². The Hall–Kier alpha value is -1.77. The highest BCUT2D eigenvalue weighted by Gasteiger charge is 2.06. The number of aryl methyl sites for hydroxylation is 1. The Morgan fingerprint density at radius 1 is 1.31 bits per heavy atom. The minimum Gasteiger partial charge on any atom is -0.398 e. The lowest BCUT2D eigenvalue weighted by Gasteiger charge is -2.02. The van der Waals surface area contributed by atoms with E-state index in [1.807, 2.05) is 31.2 Å². The molecule has 3 nitrogen and oxygen atoms in total. The smallest absolute Gasteiger partial charge is 0.0930 e. The van der Waals surface area contributed by atoms with E-state index in [4.69, 9.17) is 5.73 Å². The lowest BCUT2D eigenvalue weighted by atomic mass is 10.1. The van der Waals surface area contributed by atoms with Crippen molar-refractivity contribution in [2.24, 2.45) is 0 Å². The Kier molecular flexibility index (Phi) is 1.77. The molecule has 0 saturated carbocycles. The Bertz CT molecular complexity index is 418. The van der Waals surface area contributed by atoms with E-state index in [0.29, 0.717) is 0 Å². The van der Waals surface area contributed by atoms with Crippen LogP contribution in [0.25, 0.3) is 11.3 Å². The van der Waals surface area contributed by atoms with Gasteiger partial charge in [-0.2, -0.15) is 0 Å². The molecule has 0 radical (unpaired) electrons. The van der Waals surface area contributed by atoms with Gasteiger partial charge in [-0.25, -0.2) is 4.98 Å². The van der Waals surface area contributed by atoms with Crippen molar-refractivity contribution in [1.29, 1.82) is 0 Å². The average molecular weight is 173 g/mol. The van der Waals surface area contributed by atoms with Crippen LogP contribution in [-0.4, -0.2) is 9.97 Å². The predicted octanol–water partition coefficient (Wildman–Crippen LogP) is 1.97. The van der Waals surface area contributed by atoms with Crippen LogP contribution >= 0.6 is 0 Å². The summed E-state index contributed by atoms with van der Waals surface area (Å²) in [5.74, 6) is 0. The molecule has 2 rings (SSSR count). The summed E-state index contributed by atoms with van der Waals surface area (Å²) in [7, 11) is 0. The van der Waals surface area contributed by atoms with Crippen molar-refractivity contribution in [1.82, 2.24) is 9.97 Å². The zero-order valence-electron chi connectivity index (χ0n) is 7.41. The van der Waals surface area contributed by atoms with Gasteiger partial charge in [0.2, 0.25) is 0 Å². The van der Waals surface area contributed by atoms with Crippen LogP contribution in [0.4, 0.5) is 5.69 Å². The second-order valence-corrected chi connectivity index (χ2v) is 2.96. The van der Waals surface area contributed by atoms with Gasteiger partial charge in [-0.1, -0.05) is 18.2 Å². The summed E-state index contributed by atoms with van der Waals surface area (Å²) in [5.41, 5.74) is 9.54. The molecule has 2 aromatic rings. The summed E-state index contributed by atoms with van der Waals surface area (Å²) in [6.07, 6.45) is 1.68. The van der Waals surface area contributed by atoms with Gasteiger partial charge in [-0.05, 0) is 13.0 Å². The molecule has 0 spiro atoms. The monoisotopic (exact) mass is 173 g/mol. The van der Waals surface area contributed by atoms with Gasteiger partial charge in [0.15, 0.2) is 0 Å². The van der Waals surface area contributed by atoms with E-state index in [1.165, 1.54) is 0 Å². The Labute approximate surface area is 76.6 Å². The van der Waals surface area contributed by atoms with E-state index in [1.54, 1.807) is 6.33 Å². The van der Waals surface area contributed by atoms with Gasteiger partial charge >= 0.3 is 0 Å². The molecule has 0 amide bonds. The predicted molar refractivity (Wildman–Crippen MR) is 53.2 cm³/mol. The molecular weight excluding hydrogens is 162 g/mol. The Morgan fingerprint density at radius 3 is 2.69 bits per heavy atom. The molecule has 0 aliphatic carbocycles. The number of nitrogens with one attached hydrogen (secondary N) is 1. The fourth-order valence-corrected chi connectivity index (χ4v) is 1.34. The standard InChI is InChI=1S/C10H11N3/c1-7-10(13-6-12-7)8-4-2-3-5-9(8)11/h2-6H,11H2,1H3,(H,12,13). The maximum Gasteiger partial charge on any atom is 0.0930 e. The molecule has 13 heavy (non-hydrogen) atoms. The minimum absolute atomic E-state index is 0.762. The maximum absolute atomic E-state index is 5.83. The van der Waals surface area contributed by atoms with Gasteiger partial charge in [0, 0.05) is 16.9 Å². The summed E-state index contributed by atoms with van der Waals surface area (Å²) >= 11 is 0. The molecular formula is C10H11N3. The normalized spacial score (nSPS) is 10.2. The lowest BCUT2D eigenvalue weighted by Crippen LogP contribution is -1.90. The van der Waals surface area contributed by atoms with Crippen molar-refractivity contribution in [3.8, 4) is 11.3 Å². The second kappa shape index (κ2) is 2.94. The molecule has 1 aromatic heterocycles. The van der Waals surface area contributed by atoms with E-state index in [9.17, 15) is 0 Å². The highest BCUT2D eigenvalue weighted by atomic mass is 14.9. The molecule has 0 unspecified atom stereocenters. The van der Waals surface area contributed by atoms with E-state index < -0.39 is 0 Å². The van der Waals surface area contributed by atoms with Gasteiger partial charge in [0.1, 0.15) is 0 Å². The molecule has 0 fully saturated rings.